The van der Waals surface area contributed by atoms with E-state index in [2.05, 4.69) is 28.9 Å². The Morgan fingerprint density at radius 1 is 0.889 bits per heavy atom. The molecule has 5 nitrogen and oxygen atoms in total. The van der Waals surface area contributed by atoms with Crippen LogP contribution in [0, 0.1) is 0 Å². The predicted molar refractivity (Wildman–Crippen MR) is 108 cm³/mol. The number of nitrogens with one attached hydrogen (secondary N) is 1. The zero-order valence-electron chi connectivity index (χ0n) is 14.9. The summed E-state index contributed by atoms with van der Waals surface area (Å²) in [7, 11) is 0. The Morgan fingerprint density at radius 2 is 1.56 bits per heavy atom. The van der Waals surface area contributed by atoms with Crippen molar-refractivity contribution >= 4 is 39.3 Å². The van der Waals surface area contributed by atoms with Crippen LogP contribution in [-0.4, -0.2) is 16.4 Å². The molecule has 134 valence electrons. The highest BCUT2D eigenvalue weighted by Gasteiger charge is 2.12. The molecule has 0 saturated carbocycles. The van der Waals surface area contributed by atoms with Crippen LogP contribution >= 0.6 is 0 Å². The molecule has 0 fully saturated rings. The average molecular weight is 357 g/mol. The van der Waals surface area contributed by atoms with Gasteiger partial charge in [0, 0.05) is 45.2 Å². The fraction of sp³-hybridized carbons (Fsp3) is 0.0909. The molecule has 0 saturated heterocycles. The van der Waals surface area contributed by atoms with Gasteiger partial charge in [-0.2, -0.15) is 0 Å². The number of anilines is 1. The van der Waals surface area contributed by atoms with E-state index in [0.717, 1.165) is 28.5 Å². The van der Waals surface area contributed by atoms with Crippen molar-refractivity contribution in [1.29, 1.82) is 0 Å². The van der Waals surface area contributed by atoms with Crippen LogP contribution in [0.15, 0.2) is 66.7 Å². The van der Waals surface area contributed by atoms with Crippen molar-refractivity contribution in [3.8, 4) is 0 Å². The number of amides is 2. The average Bonchev–Trinajstić information content (AvgIpc) is 3.01. The van der Waals surface area contributed by atoms with Crippen LogP contribution in [0.5, 0.6) is 0 Å². The van der Waals surface area contributed by atoms with Gasteiger partial charge in [-0.1, -0.05) is 18.2 Å². The zero-order valence-corrected chi connectivity index (χ0v) is 14.9. The van der Waals surface area contributed by atoms with Crippen LogP contribution in [-0.2, 0) is 6.54 Å². The lowest BCUT2D eigenvalue weighted by atomic mass is 10.1. The Labute approximate surface area is 156 Å². The molecule has 0 aliphatic heterocycles. The van der Waals surface area contributed by atoms with Gasteiger partial charge in [0.05, 0.1) is 0 Å². The van der Waals surface area contributed by atoms with E-state index in [4.69, 9.17) is 5.73 Å². The van der Waals surface area contributed by atoms with Gasteiger partial charge in [-0.25, -0.2) is 0 Å². The molecule has 1 aromatic heterocycles. The summed E-state index contributed by atoms with van der Waals surface area (Å²) in [5, 5.41) is 5.20. The number of nitrogens with zero attached hydrogens (tertiary/aromatic N) is 1. The molecular weight excluding hydrogens is 338 g/mol. The van der Waals surface area contributed by atoms with E-state index in [1.807, 2.05) is 30.3 Å². The Morgan fingerprint density at radius 3 is 2.26 bits per heavy atom. The number of para-hydroxylation sites is 1. The molecule has 2 amide bonds. The molecule has 0 spiro atoms. The van der Waals surface area contributed by atoms with Crippen molar-refractivity contribution in [3.05, 3.63) is 77.9 Å². The van der Waals surface area contributed by atoms with Gasteiger partial charge in [0.15, 0.2) is 0 Å². The lowest BCUT2D eigenvalue weighted by molar-refractivity contribution is 0.0995. The highest BCUT2D eigenvalue weighted by atomic mass is 16.2. The number of carbonyl (C=O) groups excluding carboxylic acids is 2. The molecule has 0 aliphatic rings. The molecule has 3 N–H and O–H groups in total. The standard InChI is InChI=1S/C22H19N3O2/c1-2-25-19-6-4-3-5-17(19)18-13-16(11-12-20(18)25)24-22(27)15-9-7-14(8-10-15)21(23)26/h3-13H,2H2,1H3,(H2,23,26)(H,24,27). The maximum atomic E-state index is 12.5. The third-order valence-corrected chi connectivity index (χ3v) is 4.78. The molecule has 0 unspecified atom stereocenters. The second kappa shape index (κ2) is 6.61. The van der Waals surface area contributed by atoms with Crippen molar-refractivity contribution in [3.63, 3.8) is 0 Å². The van der Waals surface area contributed by atoms with Gasteiger partial charge in [0.2, 0.25) is 5.91 Å². The number of nitrogens with two attached hydrogens (primary N) is 1. The van der Waals surface area contributed by atoms with Gasteiger partial charge in [0.1, 0.15) is 0 Å². The monoisotopic (exact) mass is 357 g/mol. The van der Waals surface area contributed by atoms with Crippen LogP contribution in [0.3, 0.4) is 0 Å². The van der Waals surface area contributed by atoms with E-state index >= 15 is 0 Å². The summed E-state index contributed by atoms with van der Waals surface area (Å²) in [5.74, 6) is -0.746. The first-order valence-corrected chi connectivity index (χ1v) is 8.80. The Kier molecular flexibility index (Phi) is 4.12. The SMILES string of the molecule is CCn1c2ccccc2c2cc(NC(=O)c3ccc(C(N)=O)cc3)ccc21. The van der Waals surface area contributed by atoms with Crippen LogP contribution in [0.4, 0.5) is 5.69 Å². The molecule has 0 aliphatic carbocycles. The van der Waals surface area contributed by atoms with E-state index in [1.54, 1.807) is 24.3 Å². The van der Waals surface area contributed by atoms with E-state index in [9.17, 15) is 9.59 Å². The summed E-state index contributed by atoms with van der Waals surface area (Å²) in [6, 6.07) is 20.5. The number of carbonyl (C=O) groups is 2. The van der Waals surface area contributed by atoms with Gasteiger partial charge < -0.3 is 15.6 Å². The lowest BCUT2D eigenvalue weighted by Crippen LogP contribution is -2.14. The van der Waals surface area contributed by atoms with Crippen LogP contribution in [0.2, 0.25) is 0 Å². The maximum Gasteiger partial charge on any atom is 0.255 e. The topological polar surface area (TPSA) is 77.1 Å². The van der Waals surface area contributed by atoms with Crippen molar-refractivity contribution in [1.82, 2.24) is 4.57 Å². The number of aryl methyl sites for hydroxylation is 1. The zero-order chi connectivity index (χ0) is 19.0. The molecular formula is C22H19N3O2. The molecule has 27 heavy (non-hydrogen) atoms. The van der Waals surface area contributed by atoms with Crippen LogP contribution < -0.4 is 11.1 Å². The van der Waals surface area contributed by atoms with Gasteiger partial charge in [-0.05, 0) is 55.5 Å². The first-order valence-electron chi connectivity index (χ1n) is 8.80. The van der Waals surface area contributed by atoms with E-state index in [0.29, 0.717) is 11.1 Å². The van der Waals surface area contributed by atoms with Gasteiger partial charge in [-0.15, -0.1) is 0 Å². The van der Waals surface area contributed by atoms with E-state index < -0.39 is 5.91 Å². The molecule has 4 aromatic rings. The minimum absolute atomic E-state index is 0.232. The van der Waals surface area contributed by atoms with Crippen molar-refractivity contribution in [2.45, 2.75) is 13.5 Å². The number of aromatic nitrogens is 1. The molecule has 4 rings (SSSR count). The quantitative estimate of drug-likeness (QED) is 0.575. The fourth-order valence-corrected chi connectivity index (χ4v) is 3.46. The smallest absolute Gasteiger partial charge is 0.255 e. The normalized spacial score (nSPS) is 11.0. The molecule has 0 atom stereocenters. The van der Waals surface area contributed by atoms with Gasteiger partial charge >= 0.3 is 0 Å². The highest BCUT2D eigenvalue weighted by Crippen LogP contribution is 2.31. The number of hydrogen-bond acceptors (Lipinski definition) is 2. The molecule has 0 bridgehead atoms. The summed E-state index contributed by atoms with van der Waals surface area (Å²) >= 11 is 0. The fourth-order valence-electron chi connectivity index (χ4n) is 3.46. The molecule has 0 radical (unpaired) electrons. The van der Waals surface area contributed by atoms with Crippen LogP contribution in [0.1, 0.15) is 27.6 Å². The third-order valence-electron chi connectivity index (χ3n) is 4.78. The summed E-state index contributed by atoms with van der Waals surface area (Å²) in [4.78, 5) is 23.7. The predicted octanol–water partition coefficient (Wildman–Crippen LogP) is 4.17. The third kappa shape index (κ3) is 2.93. The first kappa shape index (κ1) is 16.8. The lowest BCUT2D eigenvalue weighted by Gasteiger charge is -2.07. The molecule has 3 aromatic carbocycles. The maximum absolute atomic E-state index is 12.5. The van der Waals surface area contributed by atoms with Gasteiger partial charge in [0.25, 0.3) is 5.91 Å². The van der Waals surface area contributed by atoms with Crippen molar-refractivity contribution in [2.75, 3.05) is 5.32 Å². The summed E-state index contributed by atoms with van der Waals surface area (Å²) in [5.41, 5.74) is 9.13. The van der Waals surface area contributed by atoms with Gasteiger partial charge in [-0.3, -0.25) is 9.59 Å². The number of hydrogen-bond donors (Lipinski definition) is 2. The Hall–Kier alpha value is -3.60. The minimum Gasteiger partial charge on any atom is -0.366 e. The summed E-state index contributed by atoms with van der Waals surface area (Å²) < 4.78 is 2.26. The number of fused-ring (bicyclic) bond motifs is 3. The van der Waals surface area contributed by atoms with E-state index in [-0.39, 0.29) is 5.91 Å². The number of primary amides is 1. The second-order valence-electron chi connectivity index (χ2n) is 6.39. The second-order valence-corrected chi connectivity index (χ2v) is 6.39. The highest BCUT2D eigenvalue weighted by molar-refractivity contribution is 6.11. The number of benzene rings is 3. The van der Waals surface area contributed by atoms with Crippen LogP contribution in [0.25, 0.3) is 21.8 Å². The molecule has 1 heterocycles. The van der Waals surface area contributed by atoms with E-state index in [1.165, 1.54) is 5.52 Å². The minimum atomic E-state index is -0.514. The number of rotatable bonds is 4. The van der Waals surface area contributed by atoms with Crippen molar-refractivity contribution in [2.24, 2.45) is 5.73 Å². The Bertz CT molecular complexity index is 1170. The van der Waals surface area contributed by atoms with Crippen molar-refractivity contribution < 1.29 is 9.59 Å². The molecule has 5 heteroatoms. The largest absolute Gasteiger partial charge is 0.366 e. The summed E-state index contributed by atoms with van der Waals surface area (Å²) in [6.45, 7) is 3.00. The summed E-state index contributed by atoms with van der Waals surface area (Å²) in [6.07, 6.45) is 0. The Balaban J connectivity index is 1.69. The first-order chi connectivity index (χ1) is 13.1.